The van der Waals surface area contributed by atoms with Crippen molar-refractivity contribution in [1.29, 1.82) is 0 Å². The van der Waals surface area contributed by atoms with Gasteiger partial charge in [0.15, 0.2) is 0 Å². The van der Waals surface area contributed by atoms with Gasteiger partial charge in [-0.25, -0.2) is 4.39 Å². The quantitative estimate of drug-likeness (QED) is 0.822. The Kier molecular flexibility index (Phi) is 5.51. The lowest BCUT2D eigenvalue weighted by molar-refractivity contribution is -0.118. The first kappa shape index (κ1) is 16.1. The van der Waals surface area contributed by atoms with Gasteiger partial charge in [-0.05, 0) is 38.0 Å². The van der Waals surface area contributed by atoms with Crippen LogP contribution in [0, 0.1) is 5.82 Å². The second kappa shape index (κ2) is 7.16. The van der Waals surface area contributed by atoms with Gasteiger partial charge in [0.25, 0.3) is 5.91 Å². The van der Waals surface area contributed by atoms with Crippen molar-refractivity contribution in [3.8, 4) is 0 Å². The molecule has 0 saturated carbocycles. The first-order valence-electron chi connectivity index (χ1n) is 7.24. The molecule has 21 heavy (non-hydrogen) atoms. The molecule has 1 atom stereocenters. The van der Waals surface area contributed by atoms with E-state index in [9.17, 15) is 14.0 Å². The smallest absolute Gasteiger partial charge is 0.257 e. The number of rotatable bonds is 3. The molecule has 1 aliphatic rings. The molecule has 1 aromatic carbocycles. The average Bonchev–Trinajstić information content (AvgIpc) is 2.65. The highest BCUT2D eigenvalue weighted by Gasteiger charge is 2.28. The number of halogens is 2. The summed E-state index contributed by atoms with van der Waals surface area (Å²) in [5.74, 6) is -0.773. The van der Waals surface area contributed by atoms with Crippen LogP contribution < -0.4 is 0 Å². The van der Waals surface area contributed by atoms with Crippen LogP contribution in [-0.4, -0.2) is 29.2 Å². The molecule has 0 aliphatic carbocycles. The molecular weight excluding hydrogens is 337 g/mol. The van der Waals surface area contributed by atoms with E-state index in [1.807, 2.05) is 0 Å². The Balaban J connectivity index is 2.28. The summed E-state index contributed by atoms with van der Waals surface area (Å²) in [7, 11) is 0. The first-order chi connectivity index (χ1) is 9.99. The van der Waals surface area contributed by atoms with E-state index in [0.717, 1.165) is 25.7 Å². The van der Waals surface area contributed by atoms with Crippen LogP contribution >= 0.6 is 15.9 Å². The highest BCUT2D eigenvalue weighted by molar-refractivity contribution is 9.10. The number of nitrogens with zero attached hydrogens (tertiary/aromatic N) is 1. The van der Waals surface area contributed by atoms with Gasteiger partial charge in [-0.15, -0.1) is 0 Å². The molecule has 114 valence electrons. The predicted molar refractivity (Wildman–Crippen MR) is 82.7 cm³/mol. The standard InChI is InChI=1S/C16H19BrFNO2/c1-11(20)9-13-5-3-2-4-8-19(13)16(21)14-10-12(17)6-7-15(14)18/h6-7,10,13H,2-5,8-9H2,1H3. The molecule has 1 fully saturated rings. The minimum Gasteiger partial charge on any atom is -0.335 e. The minimum absolute atomic E-state index is 0.0643. The molecule has 1 amide bonds. The molecule has 2 rings (SSSR count). The fourth-order valence-electron chi connectivity index (χ4n) is 2.80. The van der Waals surface area contributed by atoms with Gasteiger partial charge in [0.2, 0.25) is 0 Å². The van der Waals surface area contributed by atoms with Gasteiger partial charge in [0.05, 0.1) is 5.56 Å². The number of ketones is 1. The van der Waals surface area contributed by atoms with E-state index in [2.05, 4.69) is 15.9 Å². The summed E-state index contributed by atoms with van der Waals surface area (Å²) >= 11 is 3.27. The molecule has 0 N–H and O–H groups in total. The lowest BCUT2D eigenvalue weighted by atomic mass is 10.0. The lowest BCUT2D eigenvalue weighted by Gasteiger charge is -2.29. The molecule has 1 unspecified atom stereocenters. The summed E-state index contributed by atoms with van der Waals surface area (Å²) in [4.78, 5) is 25.8. The lowest BCUT2D eigenvalue weighted by Crippen LogP contribution is -2.41. The Morgan fingerprint density at radius 1 is 1.33 bits per heavy atom. The second-order valence-corrected chi connectivity index (χ2v) is 6.45. The van der Waals surface area contributed by atoms with Crippen molar-refractivity contribution in [1.82, 2.24) is 4.90 Å². The third-order valence-electron chi connectivity index (χ3n) is 3.82. The number of carbonyl (C=O) groups is 2. The topological polar surface area (TPSA) is 37.4 Å². The summed E-state index contributed by atoms with van der Waals surface area (Å²) in [5.41, 5.74) is 0.0693. The highest BCUT2D eigenvalue weighted by atomic mass is 79.9. The highest BCUT2D eigenvalue weighted by Crippen LogP contribution is 2.24. The zero-order valence-electron chi connectivity index (χ0n) is 12.1. The molecule has 3 nitrogen and oxygen atoms in total. The third kappa shape index (κ3) is 4.13. The molecular formula is C16H19BrFNO2. The number of amides is 1. The van der Waals surface area contributed by atoms with E-state index in [-0.39, 0.29) is 23.3 Å². The summed E-state index contributed by atoms with van der Waals surface area (Å²) in [6.07, 6.45) is 4.10. The van der Waals surface area contributed by atoms with Crippen LogP contribution in [0.2, 0.25) is 0 Å². The summed E-state index contributed by atoms with van der Waals surface area (Å²) in [6, 6.07) is 4.25. The molecule has 1 saturated heterocycles. The largest absolute Gasteiger partial charge is 0.335 e. The van der Waals surface area contributed by atoms with Gasteiger partial charge in [-0.3, -0.25) is 9.59 Å². The SMILES string of the molecule is CC(=O)CC1CCCCCN1C(=O)c1cc(Br)ccc1F. The van der Waals surface area contributed by atoms with Crippen molar-refractivity contribution in [3.63, 3.8) is 0 Å². The fourth-order valence-corrected chi connectivity index (χ4v) is 3.17. The normalized spacial score (nSPS) is 19.2. The zero-order valence-corrected chi connectivity index (χ0v) is 13.7. The summed E-state index contributed by atoms with van der Waals surface area (Å²) in [5, 5.41) is 0. The van der Waals surface area contributed by atoms with E-state index in [0.29, 0.717) is 17.4 Å². The van der Waals surface area contributed by atoms with Crippen LogP contribution in [0.5, 0.6) is 0 Å². The van der Waals surface area contributed by atoms with Gasteiger partial charge in [0.1, 0.15) is 11.6 Å². The van der Waals surface area contributed by atoms with Crippen LogP contribution in [-0.2, 0) is 4.79 Å². The number of hydrogen-bond donors (Lipinski definition) is 0. The number of hydrogen-bond acceptors (Lipinski definition) is 2. The molecule has 0 radical (unpaired) electrons. The fraction of sp³-hybridized carbons (Fsp3) is 0.500. The number of benzene rings is 1. The van der Waals surface area contributed by atoms with E-state index in [1.54, 1.807) is 11.0 Å². The Morgan fingerprint density at radius 2 is 2.10 bits per heavy atom. The van der Waals surface area contributed by atoms with Crippen molar-refractivity contribution in [2.45, 2.75) is 45.1 Å². The Morgan fingerprint density at radius 3 is 2.81 bits per heavy atom. The molecule has 0 aromatic heterocycles. The summed E-state index contributed by atoms with van der Waals surface area (Å²) < 4.78 is 14.6. The number of Topliss-reactive ketones (excluding diaryl/α,β-unsaturated/α-hetero) is 1. The Labute approximate surface area is 132 Å². The van der Waals surface area contributed by atoms with Crippen molar-refractivity contribution >= 4 is 27.6 Å². The van der Waals surface area contributed by atoms with Gasteiger partial charge < -0.3 is 4.90 Å². The first-order valence-corrected chi connectivity index (χ1v) is 8.04. The van der Waals surface area contributed by atoms with Crippen molar-refractivity contribution in [3.05, 3.63) is 34.1 Å². The van der Waals surface area contributed by atoms with Crippen LogP contribution in [0.3, 0.4) is 0 Å². The maximum atomic E-state index is 13.9. The summed E-state index contributed by atoms with van der Waals surface area (Å²) in [6.45, 7) is 2.12. The van der Waals surface area contributed by atoms with Gasteiger partial charge in [-0.1, -0.05) is 28.8 Å². The molecule has 1 aromatic rings. The van der Waals surface area contributed by atoms with Crippen molar-refractivity contribution in [2.75, 3.05) is 6.54 Å². The molecule has 5 heteroatoms. The van der Waals surface area contributed by atoms with Gasteiger partial charge >= 0.3 is 0 Å². The zero-order chi connectivity index (χ0) is 15.4. The minimum atomic E-state index is -0.519. The van der Waals surface area contributed by atoms with Crippen molar-refractivity contribution < 1.29 is 14.0 Å². The monoisotopic (exact) mass is 355 g/mol. The molecule has 0 bridgehead atoms. The van der Waals surface area contributed by atoms with Crippen LogP contribution in [0.4, 0.5) is 4.39 Å². The van der Waals surface area contributed by atoms with E-state index in [1.165, 1.54) is 19.1 Å². The van der Waals surface area contributed by atoms with Crippen LogP contribution in [0.1, 0.15) is 49.4 Å². The van der Waals surface area contributed by atoms with E-state index >= 15 is 0 Å². The number of likely N-dealkylation sites (tertiary alicyclic amines) is 1. The van der Waals surface area contributed by atoms with Crippen LogP contribution in [0.15, 0.2) is 22.7 Å². The number of carbonyl (C=O) groups excluding carboxylic acids is 2. The molecule has 0 spiro atoms. The Bertz CT molecular complexity index is 547. The predicted octanol–water partition coefficient (Wildman–Crippen LogP) is 3.95. The van der Waals surface area contributed by atoms with E-state index < -0.39 is 5.82 Å². The van der Waals surface area contributed by atoms with Gasteiger partial charge in [0, 0.05) is 23.5 Å². The van der Waals surface area contributed by atoms with Crippen molar-refractivity contribution in [2.24, 2.45) is 0 Å². The maximum Gasteiger partial charge on any atom is 0.257 e. The van der Waals surface area contributed by atoms with Gasteiger partial charge in [-0.2, -0.15) is 0 Å². The van der Waals surface area contributed by atoms with E-state index in [4.69, 9.17) is 0 Å². The third-order valence-corrected chi connectivity index (χ3v) is 4.31. The molecule has 1 aliphatic heterocycles. The molecule has 1 heterocycles. The Hall–Kier alpha value is -1.23. The van der Waals surface area contributed by atoms with Crippen LogP contribution in [0.25, 0.3) is 0 Å². The maximum absolute atomic E-state index is 13.9. The second-order valence-electron chi connectivity index (χ2n) is 5.53. The average molecular weight is 356 g/mol.